The van der Waals surface area contributed by atoms with Crippen LogP contribution in [0.15, 0.2) is 22.7 Å². The van der Waals surface area contributed by atoms with Crippen molar-refractivity contribution < 1.29 is 0 Å². The Kier molecular flexibility index (Phi) is 1.85. The van der Waals surface area contributed by atoms with Crippen molar-refractivity contribution in [1.29, 1.82) is 0 Å². The molecule has 3 nitrogen and oxygen atoms in total. The Morgan fingerprint density at radius 3 is 3.12 bits per heavy atom. The van der Waals surface area contributed by atoms with E-state index in [2.05, 4.69) is 50.3 Å². The SMILES string of the molecule is CC12C[C@@H]1C[C@@H](c1nc3ccc(Br)cc3[nH]1)N2. The second-order valence-corrected chi connectivity index (χ2v) is 6.45. The smallest absolute Gasteiger partial charge is 0.124 e. The lowest BCUT2D eigenvalue weighted by Gasteiger charge is -2.13. The number of nitrogens with one attached hydrogen (secondary N) is 2. The molecule has 2 fully saturated rings. The van der Waals surface area contributed by atoms with Gasteiger partial charge in [-0.1, -0.05) is 15.9 Å². The number of nitrogens with zero attached hydrogens (tertiary/aromatic N) is 1. The first-order valence-electron chi connectivity index (χ1n) is 6.07. The van der Waals surface area contributed by atoms with E-state index in [9.17, 15) is 0 Å². The Morgan fingerprint density at radius 2 is 2.35 bits per heavy atom. The Labute approximate surface area is 108 Å². The van der Waals surface area contributed by atoms with E-state index in [-0.39, 0.29) is 0 Å². The number of benzene rings is 1. The summed E-state index contributed by atoms with van der Waals surface area (Å²) in [4.78, 5) is 8.12. The zero-order valence-electron chi connectivity index (χ0n) is 9.63. The second kappa shape index (κ2) is 3.12. The largest absolute Gasteiger partial charge is 0.341 e. The molecule has 3 atom stereocenters. The molecule has 0 amide bonds. The highest BCUT2D eigenvalue weighted by Gasteiger charge is 2.57. The van der Waals surface area contributed by atoms with Crippen LogP contribution in [0.2, 0.25) is 0 Å². The maximum Gasteiger partial charge on any atom is 0.124 e. The summed E-state index contributed by atoms with van der Waals surface area (Å²) in [7, 11) is 0. The molecule has 2 aromatic rings. The van der Waals surface area contributed by atoms with Gasteiger partial charge in [0.25, 0.3) is 0 Å². The minimum Gasteiger partial charge on any atom is -0.341 e. The van der Waals surface area contributed by atoms with Crippen molar-refractivity contribution in [1.82, 2.24) is 15.3 Å². The van der Waals surface area contributed by atoms with Gasteiger partial charge in [-0.05, 0) is 43.9 Å². The number of fused-ring (bicyclic) bond motifs is 2. The Bertz CT molecular complexity index is 606. The van der Waals surface area contributed by atoms with E-state index in [1.54, 1.807) is 0 Å². The lowest BCUT2D eigenvalue weighted by atomic mass is 10.2. The van der Waals surface area contributed by atoms with Crippen LogP contribution in [-0.4, -0.2) is 15.5 Å². The maximum atomic E-state index is 4.68. The van der Waals surface area contributed by atoms with E-state index in [4.69, 9.17) is 0 Å². The average molecular weight is 292 g/mol. The first kappa shape index (κ1) is 10.1. The van der Waals surface area contributed by atoms with E-state index in [0.29, 0.717) is 11.6 Å². The van der Waals surface area contributed by atoms with Crippen LogP contribution in [0.1, 0.15) is 31.6 Å². The zero-order valence-corrected chi connectivity index (χ0v) is 11.2. The number of hydrogen-bond donors (Lipinski definition) is 2. The molecule has 1 unspecified atom stereocenters. The fourth-order valence-corrected chi connectivity index (χ4v) is 3.42. The van der Waals surface area contributed by atoms with Crippen LogP contribution in [0.3, 0.4) is 0 Å². The summed E-state index contributed by atoms with van der Waals surface area (Å²) < 4.78 is 1.09. The van der Waals surface area contributed by atoms with Crippen molar-refractivity contribution in [2.45, 2.75) is 31.3 Å². The molecule has 2 aliphatic rings. The quantitative estimate of drug-likeness (QED) is 0.847. The molecule has 17 heavy (non-hydrogen) atoms. The molecular formula is C13H14BrN3. The Morgan fingerprint density at radius 1 is 1.47 bits per heavy atom. The number of aromatic amines is 1. The van der Waals surface area contributed by atoms with E-state index >= 15 is 0 Å². The van der Waals surface area contributed by atoms with Gasteiger partial charge in [0.2, 0.25) is 0 Å². The van der Waals surface area contributed by atoms with E-state index < -0.39 is 0 Å². The van der Waals surface area contributed by atoms with Crippen molar-refractivity contribution in [3.63, 3.8) is 0 Å². The molecule has 0 radical (unpaired) electrons. The molecule has 88 valence electrons. The van der Waals surface area contributed by atoms with Crippen molar-refractivity contribution in [2.75, 3.05) is 0 Å². The number of rotatable bonds is 1. The van der Waals surface area contributed by atoms with Crippen molar-refractivity contribution in [3.8, 4) is 0 Å². The van der Waals surface area contributed by atoms with Gasteiger partial charge in [0.05, 0.1) is 17.1 Å². The molecule has 1 aromatic heterocycles. The lowest BCUT2D eigenvalue weighted by Crippen LogP contribution is -2.27. The van der Waals surface area contributed by atoms with Gasteiger partial charge in [-0.15, -0.1) is 0 Å². The molecule has 1 saturated heterocycles. The van der Waals surface area contributed by atoms with Gasteiger partial charge in [-0.2, -0.15) is 0 Å². The standard InChI is InChI=1S/C13H14BrN3/c1-13-6-7(13)4-11(17-13)12-15-9-3-2-8(14)5-10(9)16-12/h2-3,5,7,11,17H,4,6H2,1H3,(H,15,16)/t7-,11-,13?/m0/s1. The number of aromatic nitrogens is 2. The van der Waals surface area contributed by atoms with Crippen LogP contribution in [0.4, 0.5) is 0 Å². The molecule has 1 saturated carbocycles. The van der Waals surface area contributed by atoms with Gasteiger partial charge in [-0.3, -0.25) is 0 Å². The Hall–Kier alpha value is -0.870. The molecule has 1 aliphatic heterocycles. The zero-order chi connectivity index (χ0) is 11.6. The normalized spacial score (nSPS) is 35.2. The summed E-state index contributed by atoms with van der Waals surface area (Å²) in [6.07, 6.45) is 2.55. The lowest BCUT2D eigenvalue weighted by molar-refractivity contribution is 0.490. The third kappa shape index (κ3) is 1.47. The molecule has 1 aromatic carbocycles. The summed E-state index contributed by atoms with van der Waals surface area (Å²) in [6, 6.07) is 6.58. The molecule has 2 N–H and O–H groups in total. The van der Waals surface area contributed by atoms with Gasteiger partial charge in [0, 0.05) is 10.0 Å². The minimum absolute atomic E-state index is 0.393. The highest BCUT2D eigenvalue weighted by atomic mass is 79.9. The summed E-state index contributed by atoms with van der Waals surface area (Å²) in [5.74, 6) is 1.94. The predicted molar refractivity (Wildman–Crippen MR) is 70.8 cm³/mol. The number of hydrogen-bond acceptors (Lipinski definition) is 2. The van der Waals surface area contributed by atoms with Crippen LogP contribution in [0.25, 0.3) is 11.0 Å². The van der Waals surface area contributed by atoms with Gasteiger partial charge in [-0.25, -0.2) is 4.98 Å². The Balaban J connectivity index is 1.72. The van der Waals surface area contributed by atoms with Crippen LogP contribution < -0.4 is 5.32 Å². The fraction of sp³-hybridized carbons (Fsp3) is 0.462. The molecule has 0 bridgehead atoms. The molecule has 4 heteroatoms. The van der Waals surface area contributed by atoms with Crippen molar-refractivity contribution in [2.24, 2.45) is 5.92 Å². The fourth-order valence-electron chi connectivity index (χ4n) is 3.06. The van der Waals surface area contributed by atoms with E-state index in [1.807, 2.05) is 6.07 Å². The summed E-state index contributed by atoms with van der Waals surface area (Å²) in [5, 5.41) is 3.69. The monoisotopic (exact) mass is 291 g/mol. The molecule has 0 spiro atoms. The second-order valence-electron chi connectivity index (χ2n) is 5.53. The first-order chi connectivity index (χ1) is 8.14. The van der Waals surface area contributed by atoms with Crippen LogP contribution in [0.5, 0.6) is 0 Å². The molecule has 1 aliphatic carbocycles. The average Bonchev–Trinajstić information content (AvgIpc) is 2.68. The highest BCUT2D eigenvalue weighted by molar-refractivity contribution is 9.10. The third-order valence-electron chi connectivity index (χ3n) is 4.23. The van der Waals surface area contributed by atoms with Crippen LogP contribution in [-0.2, 0) is 0 Å². The number of imidazole rings is 1. The van der Waals surface area contributed by atoms with Gasteiger partial charge in [0.1, 0.15) is 5.82 Å². The third-order valence-corrected chi connectivity index (χ3v) is 4.72. The molecular weight excluding hydrogens is 278 g/mol. The number of halogens is 1. The maximum absolute atomic E-state index is 4.68. The first-order valence-corrected chi connectivity index (χ1v) is 6.86. The van der Waals surface area contributed by atoms with E-state index in [1.165, 1.54) is 12.8 Å². The van der Waals surface area contributed by atoms with Crippen LogP contribution >= 0.6 is 15.9 Å². The topological polar surface area (TPSA) is 40.7 Å². The van der Waals surface area contributed by atoms with E-state index in [0.717, 1.165) is 27.2 Å². The van der Waals surface area contributed by atoms with Gasteiger partial charge < -0.3 is 10.3 Å². The predicted octanol–water partition coefficient (Wildman–Crippen LogP) is 3.14. The van der Waals surface area contributed by atoms with Crippen molar-refractivity contribution in [3.05, 3.63) is 28.5 Å². The van der Waals surface area contributed by atoms with Crippen LogP contribution in [0, 0.1) is 5.92 Å². The summed E-state index contributed by atoms with van der Waals surface area (Å²) in [6.45, 7) is 2.32. The van der Waals surface area contributed by atoms with Gasteiger partial charge >= 0.3 is 0 Å². The van der Waals surface area contributed by atoms with Gasteiger partial charge in [0.15, 0.2) is 0 Å². The molecule has 2 heterocycles. The molecule has 4 rings (SSSR count). The number of piperidine rings is 1. The minimum atomic E-state index is 0.393. The summed E-state index contributed by atoms with van der Waals surface area (Å²) in [5.41, 5.74) is 2.56. The summed E-state index contributed by atoms with van der Waals surface area (Å²) >= 11 is 3.49. The highest BCUT2D eigenvalue weighted by Crippen LogP contribution is 2.54. The van der Waals surface area contributed by atoms with Crippen molar-refractivity contribution >= 4 is 27.0 Å². The number of H-pyrrole nitrogens is 1.